The molecule has 1 atom stereocenters. The summed E-state index contributed by atoms with van der Waals surface area (Å²) in [5.74, 6) is 2.78. The van der Waals surface area contributed by atoms with Crippen molar-refractivity contribution in [2.45, 2.75) is 46.0 Å². The lowest BCUT2D eigenvalue weighted by Gasteiger charge is -2.42. The molecule has 0 amide bonds. The van der Waals surface area contributed by atoms with E-state index in [1.165, 1.54) is 38.6 Å². The second-order valence-corrected chi connectivity index (χ2v) is 6.42. The average Bonchev–Trinajstić information content (AvgIpc) is 2.28. The molecule has 0 radical (unpaired) electrons. The lowest BCUT2D eigenvalue weighted by molar-refractivity contribution is -0.856. The highest BCUT2D eigenvalue weighted by molar-refractivity contribution is 6.21. The third-order valence-corrected chi connectivity index (χ3v) is 4.86. The minimum Gasteiger partial charge on any atom is -0.447 e. The van der Waals surface area contributed by atoms with E-state index in [0.29, 0.717) is 0 Å². The van der Waals surface area contributed by atoms with E-state index in [1.54, 1.807) is 6.00 Å². The van der Waals surface area contributed by atoms with Crippen molar-refractivity contribution < 1.29 is 4.48 Å². The van der Waals surface area contributed by atoms with E-state index in [-0.39, 0.29) is 0 Å². The SMILES string of the molecule is CCC(C)C1CCC(C[N+](C)(C)[CH-]Cl)CC1. The van der Waals surface area contributed by atoms with Crippen LogP contribution in [0.3, 0.4) is 0 Å². The first kappa shape index (κ1) is 14.3. The second kappa shape index (κ2) is 6.26. The van der Waals surface area contributed by atoms with Crippen molar-refractivity contribution in [1.29, 1.82) is 0 Å². The van der Waals surface area contributed by atoms with Crippen LogP contribution in [-0.2, 0) is 0 Å². The van der Waals surface area contributed by atoms with Crippen LogP contribution in [0.15, 0.2) is 0 Å². The summed E-state index contributed by atoms with van der Waals surface area (Å²) in [6.45, 7) is 5.94. The molecule has 0 N–H and O–H groups in total. The quantitative estimate of drug-likeness (QED) is 0.386. The van der Waals surface area contributed by atoms with Gasteiger partial charge in [0.05, 0.1) is 6.54 Å². The Hall–Kier alpha value is 0.250. The van der Waals surface area contributed by atoms with Gasteiger partial charge in [0.2, 0.25) is 0 Å². The van der Waals surface area contributed by atoms with Crippen LogP contribution in [0.4, 0.5) is 0 Å². The van der Waals surface area contributed by atoms with Crippen LogP contribution in [0.5, 0.6) is 0 Å². The van der Waals surface area contributed by atoms with Gasteiger partial charge in [-0.15, -0.1) is 0 Å². The van der Waals surface area contributed by atoms with Gasteiger partial charge in [-0.1, -0.05) is 26.3 Å². The van der Waals surface area contributed by atoms with Crippen molar-refractivity contribution in [3.05, 3.63) is 6.00 Å². The Balaban J connectivity index is 2.32. The minimum absolute atomic E-state index is 0.847. The highest BCUT2D eigenvalue weighted by Crippen LogP contribution is 2.35. The molecule has 0 saturated heterocycles. The summed E-state index contributed by atoms with van der Waals surface area (Å²) in [6, 6.07) is 1.79. The van der Waals surface area contributed by atoms with Gasteiger partial charge >= 0.3 is 0 Å². The Kier molecular flexibility index (Phi) is 5.60. The van der Waals surface area contributed by atoms with Crippen LogP contribution in [0, 0.1) is 23.8 Å². The summed E-state index contributed by atoms with van der Waals surface area (Å²) in [7, 11) is 4.38. The number of quaternary nitrogens is 1. The monoisotopic (exact) mass is 245 g/mol. The molecule has 16 heavy (non-hydrogen) atoms. The van der Waals surface area contributed by atoms with Gasteiger partial charge < -0.3 is 4.48 Å². The van der Waals surface area contributed by atoms with E-state index < -0.39 is 0 Å². The second-order valence-electron chi connectivity index (χ2n) is 6.23. The molecular weight excluding hydrogens is 218 g/mol. The molecule has 96 valence electrons. The third-order valence-electron chi connectivity index (χ3n) is 4.33. The standard InChI is InChI=1S/C14H28ClN/c1-5-12(2)14-8-6-13(7-9-14)10-16(3,4)11-15/h11-14H,5-10H2,1-4H3. The predicted octanol–water partition coefficient (Wildman–Crippen LogP) is 4.27. The van der Waals surface area contributed by atoms with E-state index in [1.807, 2.05) is 0 Å². The van der Waals surface area contributed by atoms with Crippen molar-refractivity contribution >= 4 is 11.6 Å². The smallest absolute Gasteiger partial charge is 0.0579 e. The lowest BCUT2D eigenvalue weighted by Crippen LogP contribution is -2.40. The van der Waals surface area contributed by atoms with Crippen LogP contribution in [0.2, 0.25) is 0 Å². The molecule has 0 aliphatic heterocycles. The fraction of sp³-hybridized carbons (Fsp3) is 0.929. The molecule has 0 bridgehead atoms. The molecular formula is C14H28ClN. The molecule has 1 aliphatic carbocycles. The molecule has 2 heteroatoms. The maximum absolute atomic E-state index is 5.86. The summed E-state index contributed by atoms with van der Waals surface area (Å²) in [5.41, 5.74) is 0. The predicted molar refractivity (Wildman–Crippen MR) is 72.0 cm³/mol. The fourth-order valence-electron chi connectivity index (χ4n) is 2.98. The summed E-state index contributed by atoms with van der Waals surface area (Å²) in [4.78, 5) is 0. The first-order valence-corrected chi connectivity index (χ1v) is 7.19. The third kappa shape index (κ3) is 4.25. The molecule has 1 aliphatic rings. The number of rotatable bonds is 5. The molecule has 1 rings (SSSR count). The highest BCUT2D eigenvalue weighted by Gasteiger charge is 2.26. The molecule has 1 unspecified atom stereocenters. The number of hydrogen-bond donors (Lipinski definition) is 0. The van der Waals surface area contributed by atoms with E-state index in [0.717, 1.165) is 22.2 Å². The van der Waals surface area contributed by atoms with E-state index >= 15 is 0 Å². The number of nitrogens with zero attached hydrogens (tertiary/aromatic N) is 1. The normalized spacial score (nSPS) is 29.1. The zero-order valence-electron chi connectivity index (χ0n) is 11.4. The van der Waals surface area contributed by atoms with Crippen LogP contribution in [0.25, 0.3) is 0 Å². The van der Waals surface area contributed by atoms with Gasteiger partial charge in [-0.05, 0) is 37.5 Å². The van der Waals surface area contributed by atoms with Gasteiger partial charge in [0.1, 0.15) is 0 Å². The average molecular weight is 246 g/mol. The molecule has 0 aromatic rings. The van der Waals surface area contributed by atoms with E-state index in [2.05, 4.69) is 27.9 Å². The van der Waals surface area contributed by atoms with E-state index in [9.17, 15) is 0 Å². The maximum Gasteiger partial charge on any atom is 0.0579 e. The van der Waals surface area contributed by atoms with Crippen LogP contribution in [-0.4, -0.2) is 25.1 Å². The van der Waals surface area contributed by atoms with Gasteiger partial charge in [0.15, 0.2) is 0 Å². The summed E-state index contributed by atoms with van der Waals surface area (Å²) in [5, 5.41) is 0. The van der Waals surface area contributed by atoms with Crippen molar-refractivity contribution in [3.63, 3.8) is 0 Å². The highest BCUT2D eigenvalue weighted by atomic mass is 35.5. The number of hydrogen-bond acceptors (Lipinski definition) is 0. The van der Waals surface area contributed by atoms with Crippen molar-refractivity contribution in [3.8, 4) is 0 Å². The van der Waals surface area contributed by atoms with E-state index in [4.69, 9.17) is 11.6 Å². The minimum atomic E-state index is 0.847. The van der Waals surface area contributed by atoms with Crippen LogP contribution < -0.4 is 0 Å². The first-order chi connectivity index (χ1) is 7.48. The van der Waals surface area contributed by atoms with Gasteiger partial charge in [0, 0.05) is 20.0 Å². The summed E-state index contributed by atoms with van der Waals surface area (Å²) in [6.07, 6.45) is 7.01. The summed E-state index contributed by atoms with van der Waals surface area (Å²) >= 11 is 5.86. The van der Waals surface area contributed by atoms with Gasteiger partial charge in [-0.25, -0.2) is 0 Å². The van der Waals surface area contributed by atoms with Crippen molar-refractivity contribution in [2.75, 3.05) is 20.6 Å². The summed E-state index contributed by atoms with van der Waals surface area (Å²) < 4.78 is 0.847. The molecule has 1 fully saturated rings. The Morgan fingerprint density at radius 1 is 1.25 bits per heavy atom. The Labute approximate surface area is 107 Å². The van der Waals surface area contributed by atoms with Gasteiger partial charge in [0.25, 0.3) is 0 Å². The van der Waals surface area contributed by atoms with Crippen LogP contribution >= 0.6 is 11.6 Å². The van der Waals surface area contributed by atoms with Crippen LogP contribution in [0.1, 0.15) is 46.0 Å². The molecule has 0 heterocycles. The molecule has 1 saturated carbocycles. The van der Waals surface area contributed by atoms with Gasteiger partial charge in [-0.3, -0.25) is 11.6 Å². The van der Waals surface area contributed by atoms with Gasteiger partial charge in [-0.2, -0.15) is 0 Å². The molecule has 1 nitrogen and oxygen atoms in total. The molecule has 0 spiro atoms. The molecule has 0 aromatic carbocycles. The maximum atomic E-state index is 5.86. The van der Waals surface area contributed by atoms with Crippen molar-refractivity contribution in [2.24, 2.45) is 17.8 Å². The lowest BCUT2D eigenvalue weighted by atomic mass is 9.75. The Morgan fingerprint density at radius 3 is 2.25 bits per heavy atom. The largest absolute Gasteiger partial charge is 0.447 e. The zero-order valence-corrected chi connectivity index (χ0v) is 12.1. The number of halogens is 1. The first-order valence-electron chi connectivity index (χ1n) is 6.75. The Bertz CT molecular complexity index is 195. The fourth-order valence-corrected chi connectivity index (χ4v) is 3.06. The van der Waals surface area contributed by atoms with Crippen molar-refractivity contribution in [1.82, 2.24) is 0 Å². The Morgan fingerprint density at radius 2 is 1.81 bits per heavy atom. The zero-order chi connectivity index (χ0) is 12.2. The molecule has 0 aromatic heterocycles. The topological polar surface area (TPSA) is 0 Å².